The molecule has 2 aromatic heterocycles. The molecule has 0 aliphatic rings. The molecule has 0 aliphatic carbocycles. The van der Waals surface area contributed by atoms with E-state index in [-0.39, 0.29) is 34.2 Å². The zero-order valence-corrected chi connectivity index (χ0v) is 16.7. The van der Waals surface area contributed by atoms with E-state index in [1.54, 1.807) is 13.0 Å². The van der Waals surface area contributed by atoms with Gasteiger partial charge in [0.1, 0.15) is 5.82 Å². The molecule has 1 N–H and O–H groups in total. The van der Waals surface area contributed by atoms with Crippen LogP contribution in [0.2, 0.25) is 0 Å². The third kappa shape index (κ3) is 3.96. The third-order valence-electron chi connectivity index (χ3n) is 4.61. The van der Waals surface area contributed by atoms with Crippen LogP contribution in [0, 0.1) is 19.7 Å². The van der Waals surface area contributed by atoms with Crippen molar-refractivity contribution >= 4 is 11.6 Å². The summed E-state index contributed by atoms with van der Waals surface area (Å²) in [5.74, 6) is -1.46. The molecule has 4 aromatic rings. The summed E-state index contributed by atoms with van der Waals surface area (Å²) in [7, 11) is 0. The van der Waals surface area contributed by atoms with Gasteiger partial charge in [-0.1, -0.05) is 17.3 Å². The molecule has 4 rings (SSSR count). The zero-order valence-electron chi connectivity index (χ0n) is 16.7. The van der Waals surface area contributed by atoms with E-state index >= 15 is 0 Å². The average Bonchev–Trinajstić information content (AvgIpc) is 3.34. The Morgan fingerprint density at radius 3 is 2.41 bits per heavy atom. The van der Waals surface area contributed by atoms with Crippen LogP contribution in [0.3, 0.4) is 0 Å². The van der Waals surface area contributed by atoms with Crippen LogP contribution in [0.15, 0.2) is 53.2 Å². The fourth-order valence-corrected chi connectivity index (χ4v) is 3.18. The summed E-state index contributed by atoms with van der Waals surface area (Å²) in [6, 6.07) is 9.72. The van der Waals surface area contributed by atoms with E-state index in [0.717, 1.165) is 6.20 Å². The number of nitrogens with zero attached hydrogens (tertiary/aromatic N) is 4. The van der Waals surface area contributed by atoms with Gasteiger partial charge in [0.25, 0.3) is 11.8 Å². The molecular formula is C21H15F4N5O2. The molecule has 1 amide bonds. The second kappa shape index (κ2) is 7.91. The molecule has 0 fully saturated rings. The Hall–Kier alpha value is -4.02. The highest BCUT2D eigenvalue weighted by Gasteiger charge is 2.40. The van der Waals surface area contributed by atoms with Crippen molar-refractivity contribution in [3.63, 3.8) is 0 Å². The SMILES string of the molecule is Cc1noc(-c2cnn(-c3ccc(NC(=O)c4c(C)cccc4F)cc3)c2C(F)(F)F)n1. The van der Waals surface area contributed by atoms with E-state index < -0.39 is 23.6 Å². The highest BCUT2D eigenvalue weighted by Crippen LogP contribution is 2.38. The second-order valence-corrected chi connectivity index (χ2v) is 6.90. The lowest BCUT2D eigenvalue weighted by atomic mass is 10.1. The number of carbonyl (C=O) groups is 1. The maximum Gasteiger partial charge on any atom is 0.434 e. The molecule has 11 heteroatoms. The Morgan fingerprint density at radius 1 is 1.09 bits per heavy atom. The van der Waals surface area contributed by atoms with Crippen molar-refractivity contribution in [2.24, 2.45) is 0 Å². The van der Waals surface area contributed by atoms with Crippen LogP contribution >= 0.6 is 0 Å². The van der Waals surface area contributed by atoms with Crippen molar-refractivity contribution in [3.05, 3.63) is 77.1 Å². The smallest absolute Gasteiger partial charge is 0.334 e. The summed E-state index contributed by atoms with van der Waals surface area (Å²) in [5, 5.41) is 9.88. The average molecular weight is 445 g/mol. The molecule has 0 aliphatic heterocycles. The highest BCUT2D eigenvalue weighted by molar-refractivity contribution is 6.05. The number of anilines is 1. The summed E-state index contributed by atoms with van der Waals surface area (Å²) in [6.07, 6.45) is -3.77. The van der Waals surface area contributed by atoms with Crippen molar-refractivity contribution < 1.29 is 26.9 Å². The van der Waals surface area contributed by atoms with Crippen molar-refractivity contribution in [2.75, 3.05) is 5.32 Å². The lowest BCUT2D eigenvalue weighted by Crippen LogP contribution is -2.16. The summed E-state index contributed by atoms with van der Waals surface area (Å²) >= 11 is 0. The number of benzene rings is 2. The van der Waals surface area contributed by atoms with E-state index in [1.807, 2.05) is 0 Å². The van der Waals surface area contributed by atoms with Gasteiger partial charge < -0.3 is 9.84 Å². The number of aromatic nitrogens is 4. The van der Waals surface area contributed by atoms with Crippen molar-refractivity contribution in [2.45, 2.75) is 20.0 Å². The summed E-state index contributed by atoms with van der Waals surface area (Å²) in [4.78, 5) is 16.3. The molecule has 0 bridgehead atoms. The Bertz CT molecular complexity index is 1270. The predicted octanol–water partition coefficient (Wildman–Crippen LogP) is 4.95. The quantitative estimate of drug-likeness (QED) is 0.450. The minimum absolute atomic E-state index is 0.0832. The van der Waals surface area contributed by atoms with E-state index in [4.69, 9.17) is 4.52 Å². The van der Waals surface area contributed by atoms with Gasteiger partial charge in [-0.3, -0.25) is 4.79 Å². The molecule has 0 saturated heterocycles. The predicted molar refractivity (Wildman–Crippen MR) is 106 cm³/mol. The van der Waals surface area contributed by atoms with Crippen LogP contribution in [-0.4, -0.2) is 25.8 Å². The van der Waals surface area contributed by atoms with E-state index in [2.05, 4.69) is 20.6 Å². The topological polar surface area (TPSA) is 85.8 Å². The first-order valence-corrected chi connectivity index (χ1v) is 9.28. The van der Waals surface area contributed by atoms with Gasteiger partial charge >= 0.3 is 6.18 Å². The molecule has 0 atom stereocenters. The van der Waals surface area contributed by atoms with Gasteiger partial charge in [0.2, 0.25) is 0 Å². The summed E-state index contributed by atoms with van der Waals surface area (Å²) < 4.78 is 60.9. The van der Waals surface area contributed by atoms with Gasteiger partial charge in [-0.15, -0.1) is 0 Å². The minimum atomic E-state index is -4.76. The molecule has 0 unspecified atom stereocenters. The molecular weight excluding hydrogens is 430 g/mol. The largest absolute Gasteiger partial charge is 0.434 e. The van der Waals surface area contributed by atoms with Gasteiger partial charge in [0.15, 0.2) is 11.5 Å². The number of carbonyl (C=O) groups excluding carboxylic acids is 1. The fraction of sp³-hybridized carbons (Fsp3) is 0.143. The van der Waals surface area contributed by atoms with Gasteiger partial charge in [-0.25, -0.2) is 9.07 Å². The van der Waals surface area contributed by atoms with Gasteiger partial charge in [-0.2, -0.15) is 23.3 Å². The summed E-state index contributed by atoms with van der Waals surface area (Å²) in [6.45, 7) is 3.08. The highest BCUT2D eigenvalue weighted by atomic mass is 19.4. The second-order valence-electron chi connectivity index (χ2n) is 6.90. The van der Waals surface area contributed by atoms with Crippen molar-refractivity contribution in [1.29, 1.82) is 0 Å². The number of hydrogen-bond donors (Lipinski definition) is 1. The van der Waals surface area contributed by atoms with Crippen molar-refractivity contribution in [1.82, 2.24) is 19.9 Å². The fourth-order valence-electron chi connectivity index (χ4n) is 3.18. The molecule has 7 nitrogen and oxygen atoms in total. The van der Waals surface area contributed by atoms with E-state index in [1.165, 1.54) is 43.3 Å². The standard InChI is InChI=1S/C21H15F4N5O2/c1-11-4-3-5-16(22)17(11)19(31)28-13-6-8-14(9-7-13)30-18(21(23,24)25)15(10-26-30)20-27-12(2)29-32-20/h3-10H,1-2H3,(H,28,31). The number of nitrogens with one attached hydrogen (secondary N) is 1. The molecule has 2 heterocycles. The molecule has 164 valence electrons. The van der Waals surface area contributed by atoms with Crippen LogP contribution in [0.4, 0.5) is 23.2 Å². The number of halogens is 4. The van der Waals surface area contributed by atoms with Crippen LogP contribution < -0.4 is 5.32 Å². The zero-order chi connectivity index (χ0) is 23.0. The number of aryl methyl sites for hydroxylation is 2. The maximum absolute atomic E-state index is 14.0. The van der Waals surface area contributed by atoms with Crippen LogP contribution in [-0.2, 0) is 6.18 Å². The van der Waals surface area contributed by atoms with E-state index in [9.17, 15) is 22.4 Å². The first-order valence-electron chi connectivity index (χ1n) is 9.28. The van der Waals surface area contributed by atoms with Gasteiger partial charge in [0, 0.05) is 5.69 Å². The molecule has 0 spiro atoms. The lowest BCUT2D eigenvalue weighted by Gasteiger charge is -2.13. The van der Waals surface area contributed by atoms with E-state index in [0.29, 0.717) is 10.2 Å². The van der Waals surface area contributed by atoms with Gasteiger partial charge in [-0.05, 0) is 49.7 Å². The summed E-state index contributed by atoms with van der Waals surface area (Å²) in [5.41, 5.74) is -0.739. The molecule has 0 saturated carbocycles. The normalized spacial score (nSPS) is 11.6. The van der Waals surface area contributed by atoms with Gasteiger partial charge in [0.05, 0.1) is 23.0 Å². The monoisotopic (exact) mass is 445 g/mol. The molecule has 0 radical (unpaired) electrons. The number of amides is 1. The number of alkyl halides is 3. The van der Waals surface area contributed by atoms with Crippen LogP contribution in [0.25, 0.3) is 17.1 Å². The van der Waals surface area contributed by atoms with Crippen LogP contribution in [0.5, 0.6) is 0 Å². The number of hydrogen-bond acceptors (Lipinski definition) is 5. The lowest BCUT2D eigenvalue weighted by molar-refractivity contribution is -0.142. The Kier molecular flexibility index (Phi) is 5.25. The van der Waals surface area contributed by atoms with Crippen LogP contribution in [0.1, 0.15) is 27.4 Å². The van der Waals surface area contributed by atoms with Crippen molar-refractivity contribution in [3.8, 4) is 17.1 Å². The first-order chi connectivity index (χ1) is 15.1. The molecule has 32 heavy (non-hydrogen) atoms. The Balaban J connectivity index is 1.65. The molecule has 2 aromatic carbocycles. The maximum atomic E-state index is 14.0. The number of rotatable bonds is 4. The third-order valence-corrected chi connectivity index (χ3v) is 4.61. The Morgan fingerprint density at radius 2 is 1.81 bits per heavy atom. The Labute approximate surface area is 178 Å². The minimum Gasteiger partial charge on any atom is -0.334 e. The first kappa shape index (κ1) is 21.2.